The van der Waals surface area contributed by atoms with Crippen LogP contribution in [0.1, 0.15) is 64.9 Å². The molecular formula is C31H43N3O4. The summed E-state index contributed by atoms with van der Waals surface area (Å²) in [6, 6.07) is 14.6. The number of amides is 3. The molecule has 206 valence electrons. The van der Waals surface area contributed by atoms with Gasteiger partial charge in [-0.3, -0.25) is 9.59 Å². The van der Waals surface area contributed by atoms with Gasteiger partial charge in [0.1, 0.15) is 5.60 Å². The van der Waals surface area contributed by atoms with Gasteiger partial charge >= 0.3 is 6.09 Å². The predicted octanol–water partition coefficient (Wildman–Crippen LogP) is 5.38. The zero-order valence-electron chi connectivity index (χ0n) is 23.1. The summed E-state index contributed by atoms with van der Waals surface area (Å²) in [7, 11) is 0. The van der Waals surface area contributed by atoms with Gasteiger partial charge in [0, 0.05) is 38.0 Å². The maximum absolute atomic E-state index is 13.2. The maximum atomic E-state index is 13.2. The van der Waals surface area contributed by atoms with E-state index in [0.717, 1.165) is 32.1 Å². The minimum absolute atomic E-state index is 0.00118. The largest absolute Gasteiger partial charge is 0.444 e. The number of ether oxygens (including phenoxy) is 1. The van der Waals surface area contributed by atoms with E-state index in [1.165, 1.54) is 16.3 Å². The van der Waals surface area contributed by atoms with Gasteiger partial charge in [-0.25, -0.2) is 4.79 Å². The zero-order valence-corrected chi connectivity index (χ0v) is 23.1. The number of likely N-dealkylation sites (tertiary alicyclic amines) is 1. The Morgan fingerprint density at radius 3 is 2.61 bits per heavy atom. The summed E-state index contributed by atoms with van der Waals surface area (Å²) in [5.74, 6) is 0.0833. The van der Waals surface area contributed by atoms with E-state index >= 15 is 0 Å². The molecule has 2 N–H and O–H groups in total. The number of rotatable bonds is 13. The highest BCUT2D eigenvalue weighted by atomic mass is 16.6. The van der Waals surface area contributed by atoms with Crippen LogP contribution in [0.2, 0.25) is 0 Å². The number of alkyl carbamates (subject to hydrolysis) is 1. The van der Waals surface area contributed by atoms with Crippen LogP contribution in [0.3, 0.4) is 0 Å². The van der Waals surface area contributed by atoms with Crippen molar-refractivity contribution in [1.29, 1.82) is 0 Å². The first kappa shape index (κ1) is 29.2. The van der Waals surface area contributed by atoms with Gasteiger partial charge in [0.2, 0.25) is 11.8 Å². The van der Waals surface area contributed by atoms with E-state index in [2.05, 4.69) is 47.5 Å². The summed E-state index contributed by atoms with van der Waals surface area (Å²) in [5, 5.41) is 8.21. The number of allylic oxidation sites excluding steroid dienone is 1. The van der Waals surface area contributed by atoms with Crippen molar-refractivity contribution in [3.8, 4) is 0 Å². The fraction of sp³-hybridized carbons (Fsp3) is 0.516. The van der Waals surface area contributed by atoms with Crippen molar-refractivity contribution in [2.45, 2.75) is 77.4 Å². The fourth-order valence-electron chi connectivity index (χ4n) is 5.02. The predicted molar refractivity (Wildman–Crippen MR) is 152 cm³/mol. The Morgan fingerprint density at radius 1 is 1.08 bits per heavy atom. The van der Waals surface area contributed by atoms with E-state index in [0.29, 0.717) is 32.5 Å². The summed E-state index contributed by atoms with van der Waals surface area (Å²) in [5.41, 5.74) is 0.718. The van der Waals surface area contributed by atoms with Crippen molar-refractivity contribution in [3.05, 3.63) is 60.7 Å². The summed E-state index contributed by atoms with van der Waals surface area (Å²) in [6.45, 7) is 10.9. The van der Waals surface area contributed by atoms with Crippen LogP contribution in [0.4, 0.5) is 4.79 Å². The molecule has 0 radical (unpaired) electrons. The van der Waals surface area contributed by atoms with E-state index in [4.69, 9.17) is 4.74 Å². The molecule has 1 fully saturated rings. The van der Waals surface area contributed by atoms with E-state index in [1.807, 2.05) is 43.9 Å². The molecule has 0 aliphatic carbocycles. The van der Waals surface area contributed by atoms with Crippen molar-refractivity contribution in [2.75, 3.05) is 19.6 Å². The SMILES string of the molecule is C=CC[C@@H]1C[C@@H](CNC(=O)CCCCCNC(=O)OC(C)(C)C)N(CCc2cccc3ccccc23)C1=O. The quantitative estimate of drug-likeness (QED) is 0.274. The lowest BCUT2D eigenvalue weighted by Crippen LogP contribution is -2.42. The van der Waals surface area contributed by atoms with Crippen molar-refractivity contribution in [1.82, 2.24) is 15.5 Å². The number of hydrogen-bond donors (Lipinski definition) is 2. The first-order valence-electron chi connectivity index (χ1n) is 13.8. The lowest BCUT2D eigenvalue weighted by atomic mass is 10.0. The fourth-order valence-corrected chi connectivity index (χ4v) is 5.02. The lowest BCUT2D eigenvalue weighted by molar-refractivity contribution is -0.132. The Bertz CT molecular complexity index is 1100. The third-order valence-corrected chi connectivity index (χ3v) is 6.87. The summed E-state index contributed by atoms with van der Waals surface area (Å²) >= 11 is 0. The molecule has 1 heterocycles. The molecule has 7 nitrogen and oxygen atoms in total. The first-order valence-corrected chi connectivity index (χ1v) is 13.8. The minimum Gasteiger partial charge on any atom is -0.444 e. The highest BCUT2D eigenvalue weighted by Crippen LogP contribution is 2.28. The Hall–Kier alpha value is -3.35. The molecule has 2 atom stereocenters. The van der Waals surface area contributed by atoms with Crippen LogP contribution < -0.4 is 10.6 Å². The third kappa shape index (κ3) is 8.89. The molecular weight excluding hydrogens is 478 g/mol. The number of fused-ring (bicyclic) bond motifs is 1. The highest BCUT2D eigenvalue weighted by Gasteiger charge is 2.38. The molecule has 0 aromatic heterocycles. The van der Waals surface area contributed by atoms with Gasteiger partial charge in [-0.15, -0.1) is 6.58 Å². The third-order valence-electron chi connectivity index (χ3n) is 6.87. The molecule has 3 rings (SSSR count). The van der Waals surface area contributed by atoms with Crippen LogP contribution in [0.5, 0.6) is 0 Å². The molecule has 2 aromatic carbocycles. The molecule has 7 heteroatoms. The smallest absolute Gasteiger partial charge is 0.407 e. The van der Waals surface area contributed by atoms with Gasteiger partial charge in [0.25, 0.3) is 0 Å². The molecule has 3 amide bonds. The second-order valence-electron chi connectivity index (χ2n) is 11.1. The molecule has 0 bridgehead atoms. The Kier molecular flexibility index (Phi) is 10.7. The summed E-state index contributed by atoms with van der Waals surface area (Å²) in [4.78, 5) is 39.3. The number of carbonyl (C=O) groups excluding carboxylic acids is 3. The molecule has 0 spiro atoms. The number of nitrogens with one attached hydrogen (secondary N) is 2. The summed E-state index contributed by atoms with van der Waals surface area (Å²) in [6.07, 6.45) is 6.36. The van der Waals surface area contributed by atoms with E-state index in [-0.39, 0.29) is 23.8 Å². The average molecular weight is 522 g/mol. The van der Waals surface area contributed by atoms with Gasteiger partial charge in [-0.05, 0) is 69.2 Å². The molecule has 0 unspecified atom stereocenters. The number of hydrogen-bond acceptors (Lipinski definition) is 4. The second kappa shape index (κ2) is 14.0. The van der Waals surface area contributed by atoms with Crippen molar-refractivity contribution < 1.29 is 19.1 Å². The number of carbonyl (C=O) groups is 3. The zero-order chi connectivity index (χ0) is 27.5. The van der Waals surface area contributed by atoms with Crippen LogP contribution in [0.25, 0.3) is 10.8 Å². The monoisotopic (exact) mass is 521 g/mol. The van der Waals surface area contributed by atoms with Gasteiger partial charge in [0.05, 0.1) is 0 Å². The lowest BCUT2D eigenvalue weighted by Gasteiger charge is -2.25. The van der Waals surface area contributed by atoms with Gasteiger partial charge in [-0.2, -0.15) is 0 Å². The van der Waals surface area contributed by atoms with Crippen LogP contribution in [-0.2, 0) is 20.7 Å². The minimum atomic E-state index is -0.511. The van der Waals surface area contributed by atoms with E-state index in [1.54, 1.807) is 0 Å². The Balaban J connectivity index is 1.44. The van der Waals surface area contributed by atoms with Crippen molar-refractivity contribution >= 4 is 28.7 Å². The topological polar surface area (TPSA) is 87.7 Å². The van der Waals surface area contributed by atoms with Crippen molar-refractivity contribution in [2.24, 2.45) is 5.92 Å². The molecule has 38 heavy (non-hydrogen) atoms. The average Bonchev–Trinajstić information content (AvgIpc) is 3.16. The number of nitrogens with zero attached hydrogens (tertiary/aromatic N) is 1. The molecule has 2 aromatic rings. The standard InChI is InChI=1S/C31H43N3O4/c1-5-12-25-21-26(22-33-28(35)17-7-6-10-19-32-30(37)38-31(2,3)4)34(29(25)36)20-18-24-15-11-14-23-13-8-9-16-27(23)24/h5,8-9,11,13-16,25-26H,1,6-7,10,12,17-22H2,2-4H3,(H,32,37)(H,33,35)/t25-,26+/m1/s1. The molecule has 1 saturated heterocycles. The normalized spacial score (nSPS) is 17.4. The van der Waals surface area contributed by atoms with E-state index in [9.17, 15) is 14.4 Å². The van der Waals surface area contributed by atoms with Gasteiger partial charge in [-0.1, -0.05) is 55.0 Å². The Labute approximate surface area is 227 Å². The van der Waals surface area contributed by atoms with Crippen LogP contribution in [-0.4, -0.2) is 54.1 Å². The number of benzene rings is 2. The van der Waals surface area contributed by atoms with Gasteiger partial charge in [0.15, 0.2) is 0 Å². The first-order chi connectivity index (χ1) is 18.2. The maximum Gasteiger partial charge on any atom is 0.407 e. The molecule has 1 aliphatic heterocycles. The van der Waals surface area contributed by atoms with Crippen LogP contribution >= 0.6 is 0 Å². The van der Waals surface area contributed by atoms with E-state index < -0.39 is 11.7 Å². The Morgan fingerprint density at radius 2 is 1.84 bits per heavy atom. The van der Waals surface area contributed by atoms with Crippen molar-refractivity contribution in [3.63, 3.8) is 0 Å². The van der Waals surface area contributed by atoms with Crippen LogP contribution in [0.15, 0.2) is 55.1 Å². The molecule has 0 saturated carbocycles. The van der Waals surface area contributed by atoms with Crippen LogP contribution in [0, 0.1) is 5.92 Å². The second-order valence-corrected chi connectivity index (χ2v) is 11.1. The van der Waals surface area contributed by atoms with Gasteiger partial charge < -0.3 is 20.3 Å². The molecule has 1 aliphatic rings. The number of unbranched alkanes of at least 4 members (excludes halogenated alkanes) is 2. The highest BCUT2D eigenvalue weighted by molar-refractivity contribution is 5.86. The summed E-state index contributed by atoms with van der Waals surface area (Å²) < 4.78 is 5.22.